The number of rotatable bonds is 5. The maximum absolute atomic E-state index is 12.0. The van der Waals surface area contributed by atoms with Gasteiger partial charge in [0.2, 0.25) is 5.91 Å². The Hall–Kier alpha value is -0.650. The second kappa shape index (κ2) is 5.86. The van der Waals surface area contributed by atoms with Crippen molar-refractivity contribution in [3.05, 3.63) is 0 Å². The van der Waals surface area contributed by atoms with Crippen molar-refractivity contribution >= 4 is 5.91 Å². The van der Waals surface area contributed by atoms with E-state index in [0.29, 0.717) is 18.1 Å². The number of carbonyl (C=O) groups excluding carboxylic acids is 1. The zero-order valence-corrected chi connectivity index (χ0v) is 13.5. The van der Waals surface area contributed by atoms with Crippen molar-refractivity contribution in [2.45, 2.75) is 69.6 Å². The minimum atomic E-state index is -0.591. The van der Waals surface area contributed by atoms with E-state index in [0.717, 1.165) is 19.6 Å². The minimum Gasteiger partial charge on any atom is -0.368 e. The third kappa shape index (κ3) is 3.41. The van der Waals surface area contributed by atoms with E-state index in [2.05, 4.69) is 22.0 Å². The first-order valence-electron chi connectivity index (χ1n) is 8.53. The van der Waals surface area contributed by atoms with Gasteiger partial charge in [-0.2, -0.15) is 0 Å². The van der Waals surface area contributed by atoms with Gasteiger partial charge in [-0.15, -0.1) is 0 Å². The number of primary amides is 1. The van der Waals surface area contributed by atoms with E-state index in [-0.39, 0.29) is 5.91 Å². The van der Waals surface area contributed by atoms with Gasteiger partial charge >= 0.3 is 0 Å². The molecule has 5 heteroatoms. The summed E-state index contributed by atoms with van der Waals surface area (Å²) < 4.78 is 0. The van der Waals surface area contributed by atoms with Gasteiger partial charge in [-0.3, -0.25) is 19.9 Å². The molecule has 0 spiro atoms. The molecule has 0 aromatic rings. The van der Waals surface area contributed by atoms with Gasteiger partial charge in [0.05, 0.1) is 0 Å². The standard InChI is InChI=1S/C16H30N4O/c1-12-9-19-8-4-3-5-14(19)10-20(12)11-16(2,15(17)21)18-13-6-7-13/h12-14,18H,3-11H2,1-2H3,(H2,17,21). The van der Waals surface area contributed by atoms with Crippen molar-refractivity contribution < 1.29 is 4.79 Å². The largest absolute Gasteiger partial charge is 0.368 e. The average molecular weight is 294 g/mol. The lowest BCUT2D eigenvalue weighted by molar-refractivity contribution is -0.125. The molecule has 0 aromatic heterocycles. The van der Waals surface area contributed by atoms with Gasteiger partial charge in [0.15, 0.2) is 0 Å². The van der Waals surface area contributed by atoms with E-state index in [1.165, 1.54) is 38.6 Å². The summed E-state index contributed by atoms with van der Waals surface area (Å²) in [6, 6.07) is 1.67. The molecule has 5 nitrogen and oxygen atoms in total. The summed E-state index contributed by atoms with van der Waals surface area (Å²) >= 11 is 0. The van der Waals surface area contributed by atoms with Crippen LogP contribution < -0.4 is 11.1 Å². The van der Waals surface area contributed by atoms with Crippen molar-refractivity contribution in [1.82, 2.24) is 15.1 Å². The van der Waals surface area contributed by atoms with Gasteiger partial charge in [0, 0.05) is 37.8 Å². The van der Waals surface area contributed by atoms with Crippen molar-refractivity contribution in [1.29, 1.82) is 0 Å². The summed E-state index contributed by atoms with van der Waals surface area (Å²) in [7, 11) is 0. The summed E-state index contributed by atoms with van der Waals surface area (Å²) in [5.41, 5.74) is 5.11. The second-order valence-corrected chi connectivity index (χ2v) is 7.54. The molecule has 3 rings (SSSR count). The number of nitrogens with zero attached hydrogens (tertiary/aromatic N) is 2. The SMILES string of the molecule is CC1CN2CCCCC2CN1CC(C)(NC1CC1)C(N)=O. The quantitative estimate of drug-likeness (QED) is 0.777. The molecule has 0 radical (unpaired) electrons. The molecule has 3 unspecified atom stereocenters. The van der Waals surface area contributed by atoms with Gasteiger partial charge in [-0.05, 0) is 46.1 Å². The lowest BCUT2D eigenvalue weighted by Gasteiger charge is -2.49. The van der Waals surface area contributed by atoms with Gasteiger partial charge in [-0.25, -0.2) is 0 Å². The fraction of sp³-hybridized carbons (Fsp3) is 0.938. The first-order valence-corrected chi connectivity index (χ1v) is 8.53. The number of fused-ring (bicyclic) bond motifs is 1. The number of amides is 1. The zero-order valence-electron chi connectivity index (χ0n) is 13.5. The Bertz CT molecular complexity index is 398. The van der Waals surface area contributed by atoms with E-state index in [9.17, 15) is 4.79 Å². The summed E-state index contributed by atoms with van der Waals surface area (Å²) in [5.74, 6) is -0.215. The van der Waals surface area contributed by atoms with Crippen LogP contribution in [0.2, 0.25) is 0 Å². The maximum Gasteiger partial charge on any atom is 0.238 e. The first kappa shape index (κ1) is 15.3. The lowest BCUT2D eigenvalue weighted by Crippen LogP contribution is -2.66. The maximum atomic E-state index is 12.0. The smallest absolute Gasteiger partial charge is 0.238 e. The monoisotopic (exact) mass is 294 g/mol. The molecule has 0 bridgehead atoms. The summed E-state index contributed by atoms with van der Waals surface area (Å²) in [5, 5.41) is 3.48. The van der Waals surface area contributed by atoms with E-state index in [1.54, 1.807) is 0 Å². The van der Waals surface area contributed by atoms with Crippen LogP contribution in [0.15, 0.2) is 0 Å². The molecule has 1 saturated carbocycles. The molecule has 3 atom stereocenters. The normalized spacial score (nSPS) is 34.2. The van der Waals surface area contributed by atoms with Crippen molar-refractivity contribution in [2.75, 3.05) is 26.2 Å². The predicted octanol–water partition coefficient (Wildman–Crippen LogP) is 0.541. The van der Waals surface area contributed by atoms with Gasteiger partial charge in [0.25, 0.3) is 0 Å². The Balaban J connectivity index is 1.65. The number of nitrogens with two attached hydrogens (primary N) is 1. The molecular formula is C16H30N4O. The van der Waals surface area contributed by atoms with Gasteiger partial charge in [-0.1, -0.05) is 6.42 Å². The third-order valence-electron chi connectivity index (χ3n) is 5.48. The predicted molar refractivity (Wildman–Crippen MR) is 84.0 cm³/mol. The molecular weight excluding hydrogens is 264 g/mol. The Kier molecular flexibility index (Phi) is 4.26. The number of piperidine rings is 1. The van der Waals surface area contributed by atoms with E-state index in [1.807, 2.05) is 6.92 Å². The molecule has 1 amide bonds. The highest BCUT2D eigenvalue weighted by Gasteiger charge is 2.41. The number of carbonyl (C=O) groups is 1. The van der Waals surface area contributed by atoms with E-state index >= 15 is 0 Å². The molecule has 1 aliphatic carbocycles. The molecule has 3 aliphatic rings. The molecule has 21 heavy (non-hydrogen) atoms. The van der Waals surface area contributed by atoms with Crippen molar-refractivity contribution in [3.8, 4) is 0 Å². The summed E-state index contributed by atoms with van der Waals surface area (Å²) in [4.78, 5) is 17.1. The second-order valence-electron chi connectivity index (χ2n) is 7.54. The first-order chi connectivity index (χ1) is 9.98. The topological polar surface area (TPSA) is 61.6 Å². The fourth-order valence-corrected chi connectivity index (χ4v) is 3.91. The molecule has 2 aliphatic heterocycles. The molecule has 0 aromatic carbocycles. The van der Waals surface area contributed by atoms with Crippen molar-refractivity contribution in [2.24, 2.45) is 5.73 Å². The van der Waals surface area contributed by atoms with Gasteiger partial charge < -0.3 is 5.73 Å². The third-order valence-corrected chi connectivity index (χ3v) is 5.48. The Morgan fingerprint density at radius 3 is 2.71 bits per heavy atom. The van der Waals surface area contributed by atoms with E-state index in [4.69, 9.17) is 5.73 Å². The number of hydrogen-bond donors (Lipinski definition) is 2. The van der Waals surface area contributed by atoms with Crippen LogP contribution >= 0.6 is 0 Å². The van der Waals surface area contributed by atoms with Crippen LogP contribution in [0.4, 0.5) is 0 Å². The molecule has 3 fully saturated rings. The van der Waals surface area contributed by atoms with Crippen LogP contribution in [0, 0.1) is 0 Å². The average Bonchev–Trinajstić information content (AvgIpc) is 3.23. The number of nitrogens with one attached hydrogen (secondary N) is 1. The highest BCUT2D eigenvalue weighted by Crippen LogP contribution is 2.27. The van der Waals surface area contributed by atoms with Crippen LogP contribution in [0.3, 0.4) is 0 Å². The van der Waals surface area contributed by atoms with Gasteiger partial charge in [0.1, 0.15) is 5.54 Å². The van der Waals surface area contributed by atoms with Crippen LogP contribution in [-0.2, 0) is 4.79 Å². The molecule has 3 N–H and O–H groups in total. The van der Waals surface area contributed by atoms with Crippen LogP contribution in [0.5, 0.6) is 0 Å². The highest BCUT2D eigenvalue weighted by atomic mass is 16.1. The highest BCUT2D eigenvalue weighted by molar-refractivity contribution is 5.84. The Morgan fingerprint density at radius 2 is 2.05 bits per heavy atom. The Morgan fingerprint density at radius 1 is 1.29 bits per heavy atom. The number of piperazine rings is 1. The Labute approximate surface area is 128 Å². The van der Waals surface area contributed by atoms with Crippen molar-refractivity contribution in [3.63, 3.8) is 0 Å². The zero-order chi connectivity index (χ0) is 15.0. The summed E-state index contributed by atoms with van der Waals surface area (Å²) in [6.45, 7) is 8.46. The lowest BCUT2D eigenvalue weighted by atomic mass is 9.94. The summed E-state index contributed by atoms with van der Waals surface area (Å²) in [6.07, 6.45) is 6.33. The fourth-order valence-electron chi connectivity index (χ4n) is 3.91. The molecule has 120 valence electrons. The molecule has 2 saturated heterocycles. The van der Waals surface area contributed by atoms with Crippen LogP contribution in [0.1, 0.15) is 46.0 Å². The van der Waals surface area contributed by atoms with Crippen LogP contribution in [0.25, 0.3) is 0 Å². The van der Waals surface area contributed by atoms with E-state index < -0.39 is 5.54 Å². The molecule has 2 heterocycles. The van der Waals surface area contributed by atoms with Crippen LogP contribution in [-0.4, -0.2) is 65.6 Å². The minimum absolute atomic E-state index is 0.215. The number of hydrogen-bond acceptors (Lipinski definition) is 4.